The number of aromatic nitrogens is 2. The van der Waals surface area contributed by atoms with Gasteiger partial charge in [0.2, 0.25) is 0 Å². The second-order valence-corrected chi connectivity index (χ2v) is 5.05. The average molecular weight is 250 g/mol. The molecule has 0 amide bonds. The minimum atomic E-state index is 0.616. The van der Waals surface area contributed by atoms with Gasteiger partial charge in [0.05, 0.1) is 11.2 Å². The fourth-order valence-corrected chi connectivity index (χ4v) is 2.39. The van der Waals surface area contributed by atoms with Crippen molar-refractivity contribution in [2.24, 2.45) is 0 Å². The zero-order valence-electron chi connectivity index (χ0n) is 11.4. The molecule has 0 aliphatic rings. The van der Waals surface area contributed by atoms with E-state index in [4.69, 9.17) is 0 Å². The Labute approximate surface area is 113 Å². The van der Waals surface area contributed by atoms with Gasteiger partial charge < -0.3 is 0 Å². The number of rotatable bonds is 3. The molecule has 0 bridgehead atoms. The molecule has 2 nitrogen and oxygen atoms in total. The van der Waals surface area contributed by atoms with Gasteiger partial charge in [-0.3, -0.25) is 5.10 Å². The number of hydrogen-bond donors (Lipinski definition) is 1. The van der Waals surface area contributed by atoms with Gasteiger partial charge in [0.1, 0.15) is 0 Å². The summed E-state index contributed by atoms with van der Waals surface area (Å²) in [5.74, 6) is 0.616. The van der Waals surface area contributed by atoms with Gasteiger partial charge in [0.25, 0.3) is 0 Å². The van der Waals surface area contributed by atoms with Gasteiger partial charge in [-0.2, -0.15) is 5.10 Å². The van der Waals surface area contributed by atoms with Gasteiger partial charge in [-0.25, -0.2) is 0 Å². The summed E-state index contributed by atoms with van der Waals surface area (Å²) in [6.07, 6.45) is 1.17. The predicted octanol–water partition coefficient (Wildman–Crippen LogP) is 4.74. The highest BCUT2D eigenvalue weighted by atomic mass is 15.1. The first-order valence-electron chi connectivity index (χ1n) is 6.83. The Morgan fingerprint density at radius 2 is 1.79 bits per heavy atom. The fourth-order valence-electron chi connectivity index (χ4n) is 2.39. The summed E-state index contributed by atoms with van der Waals surface area (Å²) >= 11 is 0. The van der Waals surface area contributed by atoms with Crippen molar-refractivity contribution in [1.29, 1.82) is 0 Å². The third-order valence-corrected chi connectivity index (χ3v) is 3.84. The summed E-state index contributed by atoms with van der Waals surface area (Å²) in [6.45, 7) is 4.48. The van der Waals surface area contributed by atoms with E-state index in [0.29, 0.717) is 5.92 Å². The molecule has 0 saturated heterocycles. The Bertz CT molecular complexity index is 680. The van der Waals surface area contributed by atoms with E-state index < -0.39 is 0 Å². The van der Waals surface area contributed by atoms with Crippen molar-refractivity contribution in [2.45, 2.75) is 26.2 Å². The number of fused-ring (bicyclic) bond motifs is 1. The van der Waals surface area contributed by atoms with Crippen LogP contribution in [0.15, 0.2) is 48.5 Å². The smallest absolute Gasteiger partial charge is 0.0999 e. The van der Waals surface area contributed by atoms with Gasteiger partial charge in [-0.15, -0.1) is 0 Å². The molecule has 19 heavy (non-hydrogen) atoms. The van der Waals surface area contributed by atoms with E-state index in [2.05, 4.69) is 66.5 Å². The van der Waals surface area contributed by atoms with Crippen LogP contribution in [0, 0.1) is 0 Å². The molecule has 1 heterocycles. The van der Waals surface area contributed by atoms with Crippen LogP contribution in [-0.2, 0) is 0 Å². The number of nitrogens with one attached hydrogen (secondary N) is 1. The van der Waals surface area contributed by atoms with Crippen LogP contribution in [0.2, 0.25) is 0 Å². The maximum absolute atomic E-state index is 4.44. The third kappa shape index (κ3) is 2.14. The Morgan fingerprint density at radius 3 is 2.53 bits per heavy atom. The minimum absolute atomic E-state index is 0.616. The van der Waals surface area contributed by atoms with Crippen molar-refractivity contribution in [1.82, 2.24) is 10.2 Å². The number of hydrogen-bond acceptors (Lipinski definition) is 1. The molecule has 0 spiro atoms. The first kappa shape index (κ1) is 12.0. The lowest BCUT2D eigenvalue weighted by Gasteiger charge is -2.09. The molecule has 0 saturated carbocycles. The van der Waals surface area contributed by atoms with Crippen LogP contribution in [0.25, 0.3) is 22.2 Å². The SMILES string of the molecule is CCC(C)c1ccc(-c2n[nH]c3ccccc23)cc1. The first-order chi connectivity index (χ1) is 9.29. The van der Waals surface area contributed by atoms with E-state index in [9.17, 15) is 0 Å². The molecule has 1 atom stereocenters. The standard InChI is InChI=1S/C17H18N2/c1-3-12(2)13-8-10-14(11-9-13)17-15-6-4-5-7-16(15)18-19-17/h4-12H,3H2,1-2H3,(H,18,19). The number of H-pyrrole nitrogens is 1. The fraction of sp³-hybridized carbons (Fsp3) is 0.235. The van der Waals surface area contributed by atoms with Crippen molar-refractivity contribution in [3.05, 3.63) is 54.1 Å². The van der Waals surface area contributed by atoms with Gasteiger partial charge in [-0.1, -0.05) is 56.3 Å². The topological polar surface area (TPSA) is 28.7 Å². The summed E-state index contributed by atoms with van der Waals surface area (Å²) < 4.78 is 0. The van der Waals surface area contributed by atoms with E-state index in [1.807, 2.05) is 6.07 Å². The lowest BCUT2D eigenvalue weighted by Crippen LogP contribution is -1.90. The molecule has 3 aromatic rings. The molecule has 1 N–H and O–H groups in total. The van der Waals surface area contributed by atoms with Crippen LogP contribution in [-0.4, -0.2) is 10.2 Å². The van der Waals surface area contributed by atoms with Crippen LogP contribution in [0.4, 0.5) is 0 Å². The number of aromatic amines is 1. The minimum Gasteiger partial charge on any atom is -0.277 e. The van der Waals surface area contributed by atoms with E-state index in [1.54, 1.807) is 0 Å². The van der Waals surface area contributed by atoms with Crippen molar-refractivity contribution in [3.63, 3.8) is 0 Å². The normalized spacial score (nSPS) is 12.7. The molecule has 0 aliphatic heterocycles. The second-order valence-electron chi connectivity index (χ2n) is 5.05. The van der Waals surface area contributed by atoms with Crippen molar-refractivity contribution in [2.75, 3.05) is 0 Å². The quantitative estimate of drug-likeness (QED) is 0.714. The molecular weight excluding hydrogens is 232 g/mol. The van der Waals surface area contributed by atoms with Crippen LogP contribution >= 0.6 is 0 Å². The predicted molar refractivity (Wildman–Crippen MR) is 80.2 cm³/mol. The summed E-state index contributed by atoms with van der Waals surface area (Å²) in [5, 5.41) is 8.70. The molecule has 1 unspecified atom stereocenters. The molecular formula is C17H18N2. The van der Waals surface area contributed by atoms with Crippen LogP contribution in [0.1, 0.15) is 31.7 Å². The monoisotopic (exact) mass is 250 g/mol. The van der Waals surface area contributed by atoms with Gasteiger partial charge in [-0.05, 0) is 24.0 Å². The second kappa shape index (κ2) is 4.88. The molecule has 2 aromatic carbocycles. The highest BCUT2D eigenvalue weighted by Gasteiger charge is 2.08. The Balaban J connectivity index is 2.02. The van der Waals surface area contributed by atoms with Crippen LogP contribution in [0.3, 0.4) is 0 Å². The summed E-state index contributed by atoms with van der Waals surface area (Å²) in [7, 11) is 0. The number of nitrogens with zero attached hydrogens (tertiary/aromatic N) is 1. The van der Waals surface area contributed by atoms with E-state index in [-0.39, 0.29) is 0 Å². The van der Waals surface area contributed by atoms with Crippen molar-refractivity contribution >= 4 is 10.9 Å². The van der Waals surface area contributed by atoms with E-state index in [0.717, 1.165) is 11.2 Å². The van der Waals surface area contributed by atoms with Crippen LogP contribution in [0.5, 0.6) is 0 Å². The Kier molecular flexibility index (Phi) is 3.08. The maximum atomic E-state index is 4.44. The molecule has 0 fully saturated rings. The molecule has 96 valence electrons. The average Bonchev–Trinajstić information content (AvgIpc) is 2.90. The van der Waals surface area contributed by atoms with E-state index in [1.165, 1.54) is 22.9 Å². The van der Waals surface area contributed by atoms with E-state index >= 15 is 0 Å². The Morgan fingerprint density at radius 1 is 1.05 bits per heavy atom. The molecule has 0 radical (unpaired) electrons. The molecule has 2 heteroatoms. The lowest BCUT2D eigenvalue weighted by atomic mass is 9.96. The number of benzene rings is 2. The zero-order chi connectivity index (χ0) is 13.2. The third-order valence-electron chi connectivity index (χ3n) is 3.84. The molecule has 1 aromatic heterocycles. The van der Waals surface area contributed by atoms with Gasteiger partial charge in [0, 0.05) is 10.9 Å². The number of para-hydroxylation sites is 1. The van der Waals surface area contributed by atoms with Crippen molar-refractivity contribution in [3.8, 4) is 11.3 Å². The van der Waals surface area contributed by atoms with Gasteiger partial charge in [0.15, 0.2) is 0 Å². The first-order valence-corrected chi connectivity index (χ1v) is 6.83. The van der Waals surface area contributed by atoms with Crippen LogP contribution < -0.4 is 0 Å². The van der Waals surface area contributed by atoms with Crippen molar-refractivity contribution < 1.29 is 0 Å². The maximum Gasteiger partial charge on any atom is 0.0999 e. The molecule has 0 aliphatic carbocycles. The van der Waals surface area contributed by atoms with Gasteiger partial charge >= 0.3 is 0 Å². The largest absolute Gasteiger partial charge is 0.277 e. The zero-order valence-corrected chi connectivity index (χ0v) is 11.4. The Hall–Kier alpha value is -2.09. The summed E-state index contributed by atoms with van der Waals surface area (Å²) in [4.78, 5) is 0. The molecule has 3 rings (SSSR count). The summed E-state index contributed by atoms with van der Waals surface area (Å²) in [5.41, 5.74) is 4.69. The summed E-state index contributed by atoms with van der Waals surface area (Å²) in [6, 6.07) is 17.0. The highest BCUT2D eigenvalue weighted by Crippen LogP contribution is 2.27. The lowest BCUT2D eigenvalue weighted by molar-refractivity contribution is 0.734. The highest BCUT2D eigenvalue weighted by molar-refractivity contribution is 5.92.